The van der Waals surface area contributed by atoms with Gasteiger partial charge in [0.2, 0.25) is 5.60 Å². The van der Waals surface area contributed by atoms with Gasteiger partial charge in [0.1, 0.15) is 42.8 Å². The van der Waals surface area contributed by atoms with E-state index < -0.39 is 50.6 Å². The zero-order valence-corrected chi connectivity index (χ0v) is 15.9. The molecule has 0 spiro atoms. The largest absolute Gasteiger partial charge is 0.500 e. The number of rotatable bonds is 4. The Morgan fingerprint density at radius 2 is 2.34 bits per heavy atom. The van der Waals surface area contributed by atoms with Crippen molar-refractivity contribution in [1.82, 2.24) is 19.7 Å². The molecule has 0 bridgehead atoms. The maximum absolute atomic E-state index is 11.1. The van der Waals surface area contributed by atoms with Crippen molar-refractivity contribution in [3.8, 4) is 6.07 Å². The molecular weight excluding hydrogens is 407 g/mol. The van der Waals surface area contributed by atoms with Crippen LogP contribution in [0.1, 0.15) is 18.7 Å². The molecule has 29 heavy (non-hydrogen) atoms. The first kappa shape index (κ1) is 19.9. The number of aromatic nitrogens is 3. The van der Waals surface area contributed by atoms with Gasteiger partial charge in [-0.1, -0.05) is 0 Å². The van der Waals surface area contributed by atoms with E-state index in [4.69, 9.17) is 24.6 Å². The monoisotopic (exact) mass is 425 g/mol. The Balaban J connectivity index is 1.66. The van der Waals surface area contributed by atoms with Crippen LogP contribution in [0.3, 0.4) is 0 Å². The van der Waals surface area contributed by atoms with Crippen LogP contribution in [0.15, 0.2) is 18.5 Å². The molecular formula is C15H18N6O7P+. The minimum atomic E-state index is -3.87. The van der Waals surface area contributed by atoms with Crippen molar-refractivity contribution < 1.29 is 33.7 Å². The van der Waals surface area contributed by atoms with Crippen molar-refractivity contribution in [1.29, 1.82) is 5.26 Å². The second kappa shape index (κ2) is 6.82. The van der Waals surface area contributed by atoms with Gasteiger partial charge < -0.3 is 20.7 Å². The number of nitrogens with zero attached hydrogens (tertiary/aromatic N) is 4. The molecule has 2 saturated heterocycles. The van der Waals surface area contributed by atoms with Crippen LogP contribution in [0, 0.1) is 11.3 Å². The Morgan fingerprint density at radius 3 is 3.03 bits per heavy atom. The third-order valence-electron chi connectivity index (χ3n) is 4.85. The Labute approximate surface area is 164 Å². The fourth-order valence-corrected chi connectivity index (χ4v) is 5.11. The molecule has 2 fully saturated rings. The summed E-state index contributed by atoms with van der Waals surface area (Å²) in [5.41, 5.74) is 4.98. The van der Waals surface area contributed by atoms with Gasteiger partial charge >= 0.3 is 14.1 Å². The molecule has 4 rings (SSSR count). The number of nitrogens with one attached hydrogen (secondary N) is 1. The van der Waals surface area contributed by atoms with E-state index in [9.17, 15) is 20.1 Å². The maximum Gasteiger partial charge on any atom is 0.500 e. The molecule has 1 unspecified atom stereocenters. The summed E-state index contributed by atoms with van der Waals surface area (Å²) >= 11 is 0. The van der Waals surface area contributed by atoms with E-state index in [1.807, 2.05) is 6.07 Å². The molecule has 2 aromatic rings. The lowest BCUT2D eigenvalue weighted by molar-refractivity contribution is -0.139. The van der Waals surface area contributed by atoms with Gasteiger partial charge in [0.15, 0.2) is 11.9 Å². The molecule has 2 aromatic heterocycles. The van der Waals surface area contributed by atoms with Crippen LogP contribution < -0.4 is 10.8 Å². The molecule has 6 atom stereocenters. The lowest BCUT2D eigenvalue weighted by Crippen LogP contribution is -2.53. The van der Waals surface area contributed by atoms with Crippen molar-refractivity contribution in [3.63, 3.8) is 0 Å². The molecule has 2 aliphatic heterocycles. The third-order valence-corrected chi connectivity index (χ3v) is 6.55. The van der Waals surface area contributed by atoms with Gasteiger partial charge in [-0.3, -0.25) is 4.79 Å². The lowest BCUT2D eigenvalue weighted by Gasteiger charge is -2.34. The topological polar surface area (TPSA) is 197 Å². The normalized spacial score (nSPS) is 35.2. The molecule has 154 valence electrons. The number of carboxylic acids is 1. The molecule has 13 nitrogen and oxygen atoms in total. The lowest BCUT2D eigenvalue weighted by atomic mass is 9.96. The molecule has 0 aliphatic carbocycles. The number of carbonyl (C=O) groups is 1. The van der Waals surface area contributed by atoms with Gasteiger partial charge in [0, 0.05) is 0 Å². The summed E-state index contributed by atoms with van der Waals surface area (Å²) in [6.07, 6.45) is -2.51. The number of aliphatic carboxylic acids is 1. The molecule has 0 saturated carbocycles. The van der Waals surface area contributed by atoms with Crippen LogP contribution in [-0.4, -0.2) is 66.1 Å². The second-order valence-corrected chi connectivity index (χ2v) is 8.51. The van der Waals surface area contributed by atoms with Crippen molar-refractivity contribution in [2.24, 2.45) is 0 Å². The first-order chi connectivity index (χ1) is 13.7. The standard InChI is InChI=1S/C15H17N6O7P/c1-7(14(23)24)20-29(25)26-5-15(4-16)12(28-29)10(22)11(27-15)8-2-3-9-13(17)18-6-19-21(8)9/h2-3,6-7,10-12,20,22,25H,5H2,1H3,(H2-,17,18,19,23,24)/p+1/t7-,10-,11-,12-,15+,29?/m0/s1. The Kier molecular flexibility index (Phi) is 4.67. The highest BCUT2D eigenvalue weighted by Gasteiger charge is 2.68. The highest BCUT2D eigenvalue weighted by Crippen LogP contribution is 2.62. The minimum absolute atomic E-state index is 0.220. The quantitative estimate of drug-likeness (QED) is 0.381. The number of aliphatic hydroxyl groups is 1. The second-order valence-electron chi connectivity index (χ2n) is 6.74. The summed E-state index contributed by atoms with van der Waals surface area (Å²) in [6, 6.07) is 4.00. The summed E-state index contributed by atoms with van der Waals surface area (Å²) in [5.74, 6) is -1.02. The number of carboxylic acid groups (broad SMARTS) is 1. The van der Waals surface area contributed by atoms with Gasteiger partial charge in [-0.05, 0) is 19.1 Å². The number of aliphatic hydroxyl groups excluding tert-OH is 1. The average molecular weight is 425 g/mol. The van der Waals surface area contributed by atoms with E-state index in [-0.39, 0.29) is 5.82 Å². The number of hydrogen-bond acceptors (Lipinski definition) is 11. The van der Waals surface area contributed by atoms with E-state index in [1.54, 1.807) is 12.1 Å². The summed E-state index contributed by atoms with van der Waals surface area (Å²) in [7, 11) is -3.87. The van der Waals surface area contributed by atoms with Crippen LogP contribution in [0.5, 0.6) is 0 Å². The van der Waals surface area contributed by atoms with Gasteiger partial charge in [-0.2, -0.15) is 24.3 Å². The predicted octanol–water partition coefficient (Wildman–Crippen LogP) is -0.846. The van der Waals surface area contributed by atoms with Crippen LogP contribution in [0.4, 0.5) is 5.82 Å². The molecule has 6 N–H and O–H groups in total. The van der Waals surface area contributed by atoms with Crippen molar-refractivity contribution in [3.05, 3.63) is 24.2 Å². The Hall–Kier alpha value is -2.43. The number of nitriles is 1. The van der Waals surface area contributed by atoms with E-state index in [1.165, 1.54) is 17.8 Å². The fourth-order valence-electron chi connectivity index (χ4n) is 3.34. The molecule has 14 heteroatoms. The maximum atomic E-state index is 11.1. The SMILES string of the molecule is C[C@H](N[P+]1(O)OC[C@@]2(C#N)O[C@@H](c3ccc4c(N)ncnn34)[C@H](O)[C@@H]2O1)C(=O)O. The number of nitrogens with two attached hydrogens (primary N) is 1. The Bertz CT molecular complexity index is 1010. The van der Waals surface area contributed by atoms with Crippen LogP contribution >= 0.6 is 8.09 Å². The first-order valence-electron chi connectivity index (χ1n) is 8.50. The van der Waals surface area contributed by atoms with E-state index in [0.29, 0.717) is 11.2 Å². The summed E-state index contributed by atoms with van der Waals surface area (Å²) < 4.78 is 18.0. The highest BCUT2D eigenvalue weighted by atomic mass is 31.2. The highest BCUT2D eigenvalue weighted by molar-refractivity contribution is 7.58. The van der Waals surface area contributed by atoms with Gasteiger partial charge in [0.05, 0.1) is 5.69 Å². The Morgan fingerprint density at radius 1 is 1.59 bits per heavy atom. The molecule has 4 heterocycles. The number of ether oxygens (including phenoxy) is 1. The molecule has 0 amide bonds. The third kappa shape index (κ3) is 3.11. The first-order valence-corrected chi connectivity index (χ1v) is 10.1. The molecule has 0 aromatic carbocycles. The van der Waals surface area contributed by atoms with Gasteiger partial charge in [0.25, 0.3) is 0 Å². The van der Waals surface area contributed by atoms with Gasteiger partial charge in [-0.15, -0.1) is 5.09 Å². The van der Waals surface area contributed by atoms with Crippen molar-refractivity contribution in [2.45, 2.75) is 36.9 Å². The summed E-state index contributed by atoms with van der Waals surface area (Å²) in [5, 5.41) is 36.1. The van der Waals surface area contributed by atoms with E-state index in [0.717, 1.165) is 0 Å². The van der Waals surface area contributed by atoms with Crippen LogP contribution in [-0.2, 0) is 18.6 Å². The van der Waals surface area contributed by atoms with E-state index in [2.05, 4.69) is 15.2 Å². The van der Waals surface area contributed by atoms with Crippen LogP contribution in [0.25, 0.3) is 5.52 Å². The van der Waals surface area contributed by atoms with E-state index >= 15 is 0 Å². The molecule has 0 radical (unpaired) electrons. The summed E-state index contributed by atoms with van der Waals surface area (Å²) in [4.78, 5) is 25.5. The van der Waals surface area contributed by atoms with Gasteiger partial charge in [-0.25, -0.2) is 9.50 Å². The molecule has 2 aliphatic rings. The zero-order valence-electron chi connectivity index (χ0n) is 15.0. The van der Waals surface area contributed by atoms with Crippen LogP contribution in [0.2, 0.25) is 0 Å². The zero-order chi connectivity index (χ0) is 21.0. The van der Waals surface area contributed by atoms with Crippen molar-refractivity contribution >= 4 is 25.4 Å². The fraction of sp³-hybridized carbons (Fsp3) is 0.467. The number of nitrogen functional groups attached to an aromatic ring is 1. The number of fused-ring (bicyclic) bond motifs is 2. The smallest absolute Gasteiger partial charge is 0.480 e. The number of hydrogen-bond donors (Lipinski definition) is 5. The average Bonchev–Trinajstić information content (AvgIpc) is 3.22. The number of anilines is 1. The predicted molar refractivity (Wildman–Crippen MR) is 95.8 cm³/mol. The van der Waals surface area contributed by atoms with Crippen molar-refractivity contribution in [2.75, 3.05) is 12.3 Å². The minimum Gasteiger partial charge on any atom is -0.480 e. The summed E-state index contributed by atoms with van der Waals surface area (Å²) in [6.45, 7) is 0.853.